The second-order valence-corrected chi connectivity index (χ2v) is 6.15. The molecule has 20 heavy (non-hydrogen) atoms. The van der Waals surface area contributed by atoms with E-state index in [4.69, 9.17) is 0 Å². The monoisotopic (exact) mass is 273 g/mol. The predicted molar refractivity (Wildman–Crippen MR) is 78.8 cm³/mol. The van der Waals surface area contributed by atoms with Gasteiger partial charge in [-0.15, -0.1) is 0 Å². The third-order valence-electron chi connectivity index (χ3n) is 4.54. The largest absolute Gasteiger partial charge is 0.481 e. The van der Waals surface area contributed by atoms with Gasteiger partial charge in [-0.3, -0.25) is 9.69 Å². The Labute approximate surface area is 120 Å². The van der Waals surface area contributed by atoms with Crippen molar-refractivity contribution in [1.29, 1.82) is 0 Å². The van der Waals surface area contributed by atoms with E-state index in [2.05, 4.69) is 29.2 Å². The van der Waals surface area contributed by atoms with E-state index in [9.17, 15) is 9.90 Å². The van der Waals surface area contributed by atoms with Crippen molar-refractivity contribution in [3.8, 4) is 0 Å². The number of carboxylic acids is 1. The molecular weight excluding hydrogens is 250 g/mol. The molecule has 1 N–H and O–H groups in total. The minimum Gasteiger partial charge on any atom is -0.481 e. The van der Waals surface area contributed by atoms with Gasteiger partial charge >= 0.3 is 5.97 Å². The van der Waals surface area contributed by atoms with Gasteiger partial charge in [0, 0.05) is 6.04 Å². The van der Waals surface area contributed by atoms with E-state index in [0.29, 0.717) is 0 Å². The number of aliphatic carboxylic acids is 1. The molecule has 1 saturated carbocycles. The van der Waals surface area contributed by atoms with Crippen LogP contribution in [0.4, 0.5) is 0 Å². The summed E-state index contributed by atoms with van der Waals surface area (Å²) < 4.78 is 0. The van der Waals surface area contributed by atoms with Gasteiger partial charge in [0.25, 0.3) is 0 Å². The number of nitrogens with zero attached hydrogens (tertiary/aromatic N) is 1. The fourth-order valence-corrected chi connectivity index (χ4v) is 3.29. The van der Waals surface area contributed by atoms with Crippen LogP contribution in [0.1, 0.15) is 61.6 Å². The Bertz CT molecular complexity index is 476. The zero-order valence-corrected chi connectivity index (χ0v) is 11.9. The number of hydrogen-bond acceptors (Lipinski definition) is 2. The highest BCUT2D eigenvalue weighted by atomic mass is 16.4. The number of piperidine rings is 1. The first-order valence-electron chi connectivity index (χ1n) is 7.80. The number of rotatable bonds is 5. The van der Waals surface area contributed by atoms with Gasteiger partial charge in [0.15, 0.2) is 0 Å². The third kappa shape index (κ3) is 3.21. The highest BCUT2D eigenvalue weighted by molar-refractivity contribution is 5.68. The second-order valence-electron chi connectivity index (χ2n) is 6.15. The molecule has 0 amide bonds. The van der Waals surface area contributed by atoms with Gasteiger partial charge in [-0.1, -0.05) is 30.7 Å². The van der Waals surface area contributed by atoms with Crippen molar-refractivity contribution < 1.29 is 9.90 Å². The Kier molecular flexibility index (Phi) is 4.06. The van der Waals surface area contributed by atoms with Crippen LogP contribution in [-0.4, -0.2) is 29.1 Å². The molecule has 1 aliphatic carbocycles. The number of benzene rings is 1. The molecule has 0 bridgehead atoms. The van der Waals surface area contributed by atoms with Crippen molar-refractivity contribution in [2.75, 3.05) is 13.1 Å². The average Bonchev–Trinajstić information content (AvgIpc) is 3.30. The summed E-state index contributed by atoms with van der Waals surface area (Å²) >= 11 is 0. The molecule has 1 aliphatic heterocycles. The van der Waals surface area contributed by atoms with Crippen LogP contribution in [0.15, 0.2) is 24.3 Å². The van der Waals surface area contributed by atoms with Crippen LogP contribution < -0.4 is 0 Å². The van der Waals surface area contributed by atoms with Gasteiger partial charge in [-0.05, 0) is 55.8 Å². The first-order valence-corrected chi connectivity index (χ1v) is 7.80. The van der Waals surface area contributed by atoms with Crippen molar-refractivity contribution in [1.82, 2.24) is 4.90 Å². The fraction of sp³-hybridized carbons (Fsp3) is 0.588. The maximum Gasteiger partial charge on any atom is 0.305 e. The predicted octanol–water partition coefficient (Wildman–Crippen LogP) is 3.57. The summed E-state index contributed by atoms with van der Waals surface area (Å²) in [7, 11) is 0. The van der Waals surface area contributed by atoms with Crippen molar-refractivity contribution in [2.45, 2.75) is 50.5 Å². The van der Waals surface area contributed by atoms with Crippen LogP contribution in [0.2, 0.25) is 0 Å². The summed E-state index contributed by atoms with van der Waals surface area (Å²) in [6.07, 6.45) is 6.46. The molecule has 1 saturated heterocycles. The van der Waals surface area contributed by atoms with E-state index in [1.165, 1.54) is 43.2 Å². The quantitative estimate of drug-likeness (QED) is 0.891. The van der Waals surface area contributed by atoms with Crippen LogP contribution in [0.3, 0.4) is 0 Å². The minimum absolute atomic E-state index is 0.0477. The summed E-state index contributed by atoms with van der Waals surface area (Å²) in [4.78, 5) is 13.6. The molecule has 3 nitrogen and oxygen atoms in total. The molecule has 2 fully saturated rings. The van der Waals surface area contributed by atoms with Gasteiger partial charge in [0.2, 0.25) is 0 Å². The number of carbonyl (C=O) groups is 1. The summed E-state index contributed by atoms with van der Waals surface area (Å²) in [6, 6.07) is 8.69. The lowest BCUT2D eigenvalue weighted by atomic mass is 9.96. The Hall–Kier alpha value is -1.35. The number of likely N-dealkylation sites (tertiary alicyclic amines) is 1. The summed E-state index contributed by atoms with van der Waals surface area (Å²) in [5, 5.41) is 9.24. The standard InChI is InChI=1S/C17H23NO2/c19-17(20)12-16(18-9-2-1-3-10-18)15-6-4-5-14(11-15)13-7-8-13/h4-6,11,13,16H,1-3,7-10,12H2,(H,19,20). The molecule has 2 aliphatic rings. The van der Waals surface area contributed by atoms with E-state index in [-0.39, 0.29) is 12.5 Å². The Morgan fingerprint density at radius 3 is 2.65 bits per heavy atom. The molecule has 1 aromatic carbocycles. The molecular formula is C17H23NO2. The molecule has 0 aromatic heterocycles. The third-order valence-corrected chi connectivity index (χ3v) is 4.54. The van der Waals surface area contributed by atoms with Crippen LogP contribution in [-0.2, 0) is 4.79 Å². The van der Waals surface area contributed by atoms with Crippen LogP contribution in [0.5, 0.6) is 0 Å². The Morgan fingerprint density at radius 2 is 2.00 bits per heavy atom. The number of hydrogen-bond donors (Lipinski definition) is 1. The van der Waals surface area contributed by atoms with Crippen LogP contribution >= 0.6 is 0 Å². The molecule has 108 valence electrons. The summed E-state index contributed by atoms with van der Waals surface area (Å²) in [6.45, 7) is 2.07. The van der Waals surface area contributed by atoms with Crippen molar-refractivity contribution in [2.24, 2.45) is 0 Å². The van der Waals surface area contributed by atoms with Gasteiger partial charge in [0.1, 0.15) is 0 Å². The number of carboxylic acid groups (broad SMARTS) is 1. The van der Waals surface area contributed by atoms with E-state index in [0.717, 1.165) is 19.0 Å². The highest BCUT2D eigenvalue weighted by Gasteiger charge is 2.27. The zero-order valence-electron chi connectivity index (χ0n) is 11.9. The molecule has 1 unspecified atom stereocenters. The maximum atomic E-state index is 11.2. The molecule has 1 heterocycles. The van der Waals surface area contributed by atoms with E-state index in [1.54, 1.807) is 0 Å². The van der Waals surface area contributed by atoms with E-state index >= 15 is 0 Å². The smallest absolute Gasteiger partial charge is 0.305 e. The Morgan fingerprint density at radius 1 is 1.25 bits per heavy atom. The van der Waals surface area contributed by atoms with Gasteiger partial charge < -0.3 is 5.11 Å². The van der Waals surface area contributed by atoms with Crippen LogP contribution in [0, 0.1) is 0 Å². The Balaban J connectivity index is 1.82. The lowest BCUT2D eigenvalue weighted by molar-refractivity contribution is -0.138. The van der Waals surface area contributed by atoms with E-state index < -0.39 is 5.97 Å². The molecule has 1 atom stereocenters. The maximum absolute atomic E-state index is 11.2. The summed E-state index contributed by atoms with van der Waals surface area (Å²) in [5.41, 5.74) is 2.59. The first kappa shape index (κ1) is 13.6. The van der Waals surface area contributed by atoms with Gasteiger partial charge in [-0.2, -0.15) is 0 Å². The van der Waals surface area contributed by atoms with Gasteiger partial charge in [-0.25, -0.2) is 0 Å². The highest BCUT2D eigenvalue weighted by Crippen LogP contribution is 2.41. The average molecular weight is 273 g/mol. The SMILES string of the molecule is O=C(O)CC(c1cccc(C2CC2)c1)N1CCCCC1. The second kappa shape index (κ2) is 5.96. The molecule has 3 rings (SSSR count). The topological polar surface area (TPSA) is 40.5 Å². The van der Waals surface area contributed by atoms with Crippen molar-refractivity contribution in [3.05, 3.63) is 35.4 Å². The van der Waals surface area contributed by atoms with Crippen LogP contribution in [0.25, 0.3) is 0 Å². The minimum atomic E-state index is -0.697. The fourth-order valence-electron chi connectivity index (χ4n) is 3.29. The summed E-state index contributed by atoms with van der Waals surface area (Å²) in [5.74, 6) is 0.0270. The molecule has 3 heteroatoms. The molecule has 0 radical (unpaired) electrons. The van der Waals surface area contributed by atoms with Gasteiger partial charge in [0.05, 0.1) is 6.42 Å². The lowest BCUT2D eigenvalue weighted by Gasteiger charge is -2.34. The molecule has 0 spiro atoms. The molecule has 1 aromatic rings. The van der Waals surface area contributed by atoms with E-state index in [1.807, 2.05) is 0 Å². The van der Waals surface area contributed by atoms with Crippen molar-refractivity contribution in [3.63, 3.8) is 0 Å². The normalized spacial score (nSPS) is 21.6. The first-order chi connectivity index (χ1) is 9.74. The zero-order chi connectivity index (χ0) is 13.9. The van der Waals surface area contributed by atoms with Crippen molar-refractivity contribution >= 4 is 5.97 Å². The lowest BCUT2D eigenvalue weighted by Crippen LogP contribution is -2.35.